The van der Waals surface area contributed by atoms with E-state index < -0.39 is 0 Å². The van der Waals surface area contributed by atoms with Gasteiger partial charge in [0.15, 0.2) is 0 Å². The lowest BCUT2D eigenvalue weighted by atomic mass is 10.2. The van der Waals surface area contributed by atoms with Gasteiger partial charge >= 0.3 is 0 Å². The number of phenols is 1. The molecule has 19 heavy (non-hydrogen) atoms. The molecule has 0 aliphatic carbocycles. The fraction of sp³-hybridized carbons (Fsp3) is 0.200. The molecular weight excluding hydrogens is 276 g/mol. The molecule has 0 unspecified atom stereocenters. The highest BCUT2D eigenvalue weighted by Crippen LogP contribution is 2.27. The fourth-order valence-electron chi connectivity index (χ4n) is 1.61. The number of aromatic hydroxyl groups is 1. The lowest BCUT2D eigenvalue weighted by Crippen LogP contribution is -1.87. The summed E-state index contributed by atoms with van der Waals surface area (Å²) >= 11 is 3.57. The molecule has 0 saturated heterocycles. The second-order valence-electron chi connectivity index (χ2n) is 3.96. The van der Waals surface area contributed by atoms with E-state index in [1.807, 2.05) is 42.1 Å². The molecule has 0 atom stereocenters. The first-order chi connectivity index (χ1) is 9.29. The van der Waals surface area contributed by atoms with Crippen LogP contribution in [0.2, 0.25) is 0 Å². The first-order valence-electron chi connectivity index (χ1n) is 6.03. The minimum absolute atomic E-state index is 0.126. The first-order valence-corrected chi connectivity index (χ1v) is 8.00. The van der Waals surface area contributed by atoms with E-state index in [0.717, 1.165) is 16.4 Å². The van der Waals surface area contributed by atoms with Gasteiger partial charge in [-0.2, -0.15) is 0 Å². The third kappa shape index (κ3) is 4.49. The van der Waals surface area contributed by atoms with Gasteiger partial charge in [0, 0.05) is 26.9 Å². The van der Waals surface area contributed by atoms with E-state index in [9.17, 15) is 5.11 Å². The van der Waals surface area contributed by atoms with E-state index in [4.69, 9.17) is 5.11 Å². The molecule has 0 spiro atoms. The van der Waals surface area contributed by atoms with Crippen molar-refractivity contribution in [3.8, 4) is 5.75 Å². The van der Waals surface area contributed by atoms with E-state index >= 15 is 0 Å². The molecule has 0 saturated carbocycles. The Bertz CT molecular complexity index is 515. The highest BCUT2D eigenvalue weighted by atomic mass is 32.2. The summed E-state index contributed by atoms with van der Waals surface area (Å²) < 4.78 is 0. The standard InChI is InChI=1S/C15H16O2S2/c16-11-12-10-14(6-7-15(12)17)19-9-8-18-13-4-2-1-3-5-13/h1-7,10,16-17H,8-9,11H2. The van der Waals surface area contributed by atoms with Crippen molar-refractivity contribution in [1.29, 1.82) is 0 Å². The SMILES string of the molecule is OCc1cc(SCCSc2ccccc2)ccc1O. The number of hydrogen-bond donors (Lipinski definition) is 2. The predicted octanol–water partition coefficient (Wildman–Crippen LogP) is 3.77. The number of thioether (sulfide) groups is 2. The minimum atomic E-state index is -0.126. The maximum atomic E-state index is 9.48. The number of benzene rings is 2. The Morgan fingerprint density at radius 2 is 1.53 bits per heavy atom. The molecule has 0 bridgehead atoms. The van der Waals surface area contributed by atoms with Gasteiger partial charge in [0.05, 0.1) is 6.61 Å². The van der Waals surface area contributed by atoms with Crippen molar-refractivity contribution < 1.29 is 10.2 Å². The average molecular weight is 292 g/mol. The van der Waals surface area contributed by atoms with Crippen LogP contribution < -0.4 is 0 Å². The van der Waals surface area contributed by atoms with Crippen molar-refractivity contribution in [2.24, 2.45) is 0 Å². The van der Waals surface area contributed by atoms with E-state index in [1.54, 1.807) is 17.8 Å². The van der Waals surface area contributed by atoms with Gasteiger partial charge in [-0.1, -0.05) is 18.2 Å². The molecule has 2 N–H and O–H groups in total. The van der Waals surface area contributed by atoms with Crippen LogP contribution in [0.5, 0.6) is 5.75 Å². The summed E-state index contributed by atoms with van der Waals surface area (Å²) in [6, 6.07) is 15.7. The number of hydrogen-bond acceptors (Lipinski definition) is 4. The monoisotopic (exact) mass is 292 g/mol. The van der Waals surface area contributed by atoms with Crippen LogP contribution in [0.4, 0.5) is 0 Å². The van der Waals surface area contributed by atoms with Gasteiger partial charge in [-0.3, -0.25) is 0 Å². The van der Waals surface area contributed by atoms with Crippen LogP contribution in [-0.4, -0.2) is 21.7 Å². The van der Waals surface area contributed by atoms with Gasteiger partial charge in [-0.25, -0.2) is 0 Å². The van der Waals surface area contributed by atoms with Gasteiger partial charge < -0.3 is 10.2 Å². The maximum Gasteiger partial charge on any atom is 0.121 e. The van der Waals surface area contributed by atoms with Crippen LogP contribution in [0.15, 0.2) is 58.3 Å². The Kier molecular flexibility index (Phi) is 5.63. The summed E-state index contributed by atoms with van der Waals surface area (Å²) in [5, 5.41) is 18.6. The lowest BCUT2D eigenvalue weighted by Gasteiger charge is -2.05. The van der Waals surface area contributed by atoms with Gasteiger partial charge in [-0.15, -0.1) is 23.5 Å². The second-order valence-corrected chi connectivity index (χ2v) is 6.30. The largest absolute Gasteiger partial charge is 0.508 e. The molecule has 2 aromatic carbocycles. The zero-order valence-corrected chi connectivity index (χ0v) is 12.1. The average Bonchev–Trinajstić information content (AvgIpc) is 2.46. The van der Waals surface area contributed by atoms with Crippen molar-refractivity contribution >= 4 is 23.5 Å². The molecule has 0 aliphatic rings. The Labute approximate surface area is 121 Å². The van der Waals surface area contributed by atoms with Crippen LogP contribution in [0.25, 0.3) is 0 Å². The second kappa shape index (κ2) is 7.48. The Morgan fingerprint density at radius 3 is 2.21 bits per heavy atom. The molecular formula is C15H16O2S2. The zero-order valence-electron chi connectivity index (χ0n) is 10.5. The molecule has 2 rings (SSSR count). The van der Waals surface area contributed by atoms with E-state index in [2.05, 4.69) is 12.1 Å². The fourth-order valence-corrected chi connectivity index (χ4v) is 3.49. The number of aliphatic hydroxyl groups is 1. The number of rotatable bonds is 6. The quantitative estimate of drug-likeness (QED) is 0.628. The van der Waals surface area contributed by atoms with Crippen molar-refractivity contribution in [3.05, 3.63) is 54.1 Å². The molecule has 0 aromatic heterocycles. The first kappa shape index (κ1) is 14.3. The normalized spacial score (nSPS) is 10.6. The molecule has 2 nitrogen and oxygen atoms in total. The van der Waals surface area contributed by atoms with Gasteiger partial charge in [0.25, 0.3) is 0 Å². The van der Waals surface area contributed by atoms with Crippen molar-refractivity contribution in [1.82, 2.24) is 0 Å². The Morgan fingerprint density at radius 1 is 0.842 bits per heavy atom. The lowest BCUT2D eigenvalue weighted by molar-refractivity contribution is 0.275. The van der Waals surface area contributed by atoms with Crippen LogP contribution in [0.3, 0.4) is 0 Å². The van der Waals surface area contributed by atoms with Crippen molar-refractivity contribution in [2.45, 2.75) is 16.4 Å². The van der Waals surface area contributed by atoms with Gasteiger partial charge in [0.1, 0.15) is 5.75 Å². The Balaban J connectivity index is 1.80. The number of aliphatic hydroxyl groups excluding tert-OH is 1. The van der Waals surface area contributed by atoms with Crippen molar-refractivity contribution in [2.75, 3.05) is 11.5 Å². The van der Waals surface area contributed by atoms with Gasteiger partial charge in [-0.05, 0) is 30.3 Å². The zero-order chi connectivity index (χ0) is 13.5. The molecule has 0 aliphatic heterocycles. The molecule has 0 fully saturated rings. The summed E-state index contributed by atoms with van der Waals surface area (Å²) in [7, 11) is 0. The van der Waals surface area contributed by atoms with Crippen LogP contribution in [-0.2, 0) is 6.61 Å². The topological polar surface area (TPSA) is 40.5 Å². The summed E-state index contributed by atoms with van der Waals surface area (Å²) in [6.45, 7) is -0.126. The highest BCUT2D eigenvalue weighted by Gasteiger charge is 2.02. The molecule has 0 radical (unpaired) electrons. The van der Waals surface area contributed by atoms with E-state index in [-0.39, 0.29) is 12.4 Å². The molecule has 4 heteroatoms. The maximum absolute atomic E-state index is 9.48. The smallest absolute Gasteiger partial charge is 0.121 e. The molecule has 0 heterocycles. The summed E-state index contributed by atoms with van der Waals surface area (Å²) in [4.78, 5) is 2.36. The van der Waals surface area contributed by atoms with Crippen LogP contribution in [0, 0.1) is 0 Å². The summed E-state index contributed by atoms with van der Waals surface area (Å²) in [6.07, 6.45) is 0. The van der Waals surface area contributed by atoms with Crippen molar-refractivity contribution in [3.63, 3.8) is 0 Å². The van der Waals surface area contributed by atoms with Gasteiger partial charge in [0.2, 0.25) is 0 Å². The van der Waals surface area contributed by atoms with E-state index in [0.29, 0.717) is 5.56 Å². The molecule has 100 valence electrons. The third-order valence-electron chi connectivity index (χ3n) is 2.59. The highest BCUT2D eigenvalue weighted by molar-refractivity contribution is 8.03. The molecule has 2 aromatic rings. The third-order valence-corrected chi connectivity index (χ3v) is 4.85. The Hall–Kier alpha value is -1.10. The summed E-state index contributed by atoms with van der Waals surface area (Å²) in [5.41, 5.74) is 0.584. The molecule has 0 amide bonds. The van der Waals surface area contributed by atoms with E-state index in [1.165, 1.54) is 4.90 Å². The van der Waals surface area contributed by atoms with Crippen LogP contribution in [0.1, 0.15) is 5.56 Å². The van der Waals surface area contributed by atoms with Crippen LogP contribution >= 0.6 is 23.5 Å². The predicted molar refractivity (Wildman–Crippen MR) is 81.9 cm³/mol. The summed E-state index contributed by atoms with van der Waals surface area (Å²) in [5.74, 6) is 2.18. The minimum Gasteiger partial charge on any atom is -0.508 e.